The van der Waals surface area contributed by atoms with E-state index in [1.54, 1.807) is 24.3 Å². The van der Waals surface area contributed by atoms with Crippen molar-refractivity contribution in [1.82, 2.24) is 0 Å². The summed E-state index contributed by atoms with van der Waals surface area (Å²) in [5.74, 6) is 0.673. The molecule has 0 amide bonds. The Kier molecular flexibility index (Phi) is 3.71. The summed E-state index contributed by atoms with van der Waals surface area (Å²) in [5.41, 5.74) is 0.834. The minimum absolute atomic E-state index is 0.166. The number of aliphatic hydroxyl groups is 1. The minimum Gasteiger partial charge on any atom is -0.454 e. The highest BCUT2D eigenvalue weighted by molar-refractivity contribution is 7.92. The Morgan fingerprint density at radius 3 is 2.50 bits per heavy atom. The van der Waals surface area contributed by atoms with Crippen LogP contribution in [0.4, 0.5) is 0 Å². The van der Waals surface area contributed by atoms with Gasteiger partial charge in [-0.05, 0) is 42.0 Å². The summed E-state index contributed by atoms with van der Waals surface area (Å²) in [7, 11) is -3.55. The normalized spacial score (nSPS) is 24.8. The molecular weight excluding hydrogens is 352 g/mol. The maximum Gasteiger partial charge on any atom is 0.231 e. The van der Waals surface area contributed by atoms with Gasteiger partial charge in [0.15, 0.2) is 21.3 Å². The number of hydrogen-bond donors (Lipinski definition) is 1. The second-order valence-corrected chi connectivity index (χ2v) is 8.49. The van der Waals surface area contributed by atoms with Crippen LogP contribution in [0.5, 0.6) is 11.5 Å². The quantitative estimate of drug-likeness (QED) is 0.900. The minimum atomic E-state index is -3.55. The molecule has 1 saturated carbocycles. The van der Waals surface area contributed by atoms with Crippen molar-refractivity contribution < 1.29 is 23.0 Å². The van der Waals surface area contributed by atoms with Crippen LogP contribution in [0.25, 0.3) is 0 Å². The highest BCUT2D eigenvalue weighted by atomic mass is 35.5. The molecule has 5 nitrogen and oxygen atoms in total. The van der Waals surface area contributed by atoms with Crippen LogP contribution in [-0.2, 0) is 9.84 Å². The van der Waals surface area contributed by atoms with Gasteiger partial charge in [-0.25, -0.2) is 8.42 Å². The summed E-state index contributed by atoms with van der Waals surface area (Å²) in [4.78, 5) is 0.221. The van der Waals surface area contributed by atoms with Crippen molar-refractivity contribution in [2.45, 2.75) is 16.1 Å². The molecular formula is C17H15ClO5S. The van der Waals surface area contributed by atoms with Crippen molar-refractivity contribution in [3.63, 3.8) is 0 Å². The third-order valence-electron chi connectivity index (χ3n) is 4.59. The van der Waals surface area contributed by atoms with Gasteiger partial charge in [0, 0.05) is 23.5 Å². The Labute approximate surface area is 144 Å². The fourth-order valence-electron chi connectivity index (χ4n) is 3.32. The van der Waals surface area contributed by atoms with Crippen LogP contribution in [0.15, 0.2) is 47.4 Å². The molecule has 0 saturated heterocycles. The van der Waals surface area contributed by atoms with Crippen molar-refractivity contribution in [1.29, 1.82) is 0 Å². The Hall–Kier alpha value is -1.76. The number of ether oxygens (including phenoxy) is 2. The van der Waals surface area contributed by atoms with E-state index in [2.05, 4.69) is 0 Å². The van der Waals surface area contributed by atoms with Gasteiger partial charge in [0.2, 0.25) is 6.79 Å². The van der Waals surface area contributed by atoms with Crippen molar-refractivity contribution in [3.05, 3.63) is 53.1 Å². The monoisotopic (exact) mass is 366 g/mol. The van der Waals surface area contributed by atoms with Crippen molar-refractivity contribution in [2.75, 3.05) is 13.4 Å². The van der Waals surface area contributed by atoms with E-state index >= 15 is 0 Å². The van der Waals surface area contributed by atoms with Gasteiger partial charge < -0.3 is 14.6 Å². The van der Waals surface area contributed by atoms with Gasteiger partial charge in [-0.3, -0.25) is 0 Å². The van der Waals surface area contributed by atoms with E-state index in [1.165, 1.54) is 12.1 Å². The van der Waals surface area contributed by atoms with E-state index < -0.39 is 15.1 Å². The van der Waals surface area contributed by atoms with Crippen LogP contribution >= 0.6 is 11.6 Å². The van der Waals surface area contributed by atoms with E-state index in [4.69, 9.17) is 21.1 Å². The first-order valence-corrected chi connectivity index (χ1v) is 9.44. The predicted octanol–water partition coefficient (Wildman–Crippen LogP) is 2.62. The summed E-state index contributed by atoms with van der Waals surface area (Å²) in [6.45, 7) is -0.0179. The SMILES string of the molecule is O=S(=O)(c1ccc(Cl)cc1)[C@H]1[C@@H](CO)[C@@H]1c1ccc2c(c1)OCO2. The first-order valence-electron chi connectivity index (χ1n) is 7.52. The molecule has 7 heteroatoms. The average molecular weight is 367 g/mol. The van der Waals surface area contributed by atoms with Gasteiger partial charge in [0.1, 0.15) is 0 Å². The highest BCUT2D eigenvalue weighted by Crippen LogP contribution is 2.54. The predicted molar refractivity (Wildman–Crippen MR) is 88.3 cm³/mol. The molecule has 1 N–H and O–H groups in total. The molecule has 1 heterocycles. The molecule has 1 aliphatic heterocycles. The Balaban J connectivity index is 1.67. The standard InChI is InChI=1S/C17H15ClO5S/c18-11-2-4-12(5-3-11)24(20,21)17-13(8-19)16(17)10-1-6-14-15(7-10)23-9-22-14/h1-7,13,16-17,19H,8-9H2/t13-,16-,17-/m0/s1. The molecule has 24 heavy (non-hydrogen) atoms. The number of halogens is 1. The molecule has 2 aliphatic rings. The number of fused-ring (bicyclic) bond motifs is 1. The Morgan fingerprint density at radius 2 is 1.79 bits per heavy atom. The van der Waals surface area contributed by atoms with E-state index in [0.29, 0.717) is 16.5 Å². The number of sulfone groups is 1. The molecule has 2 aromatic rings. The summed E-state index contributed by atoms with van der Waals surface area (Å²) in [6, 6.07) is 11.5. The summed E-state index contributed by atoms with van der Waals surface area (Å²) < 4.78 is 36.4. The van der Waals surface area contributed by atoms with E-state index in [9.17, 15) is 13.5 Å². The third-order valence-corrected chi connectivity index (χ3v) is 7.13. The second kappa shape index (κ2) is 5.65. The molecule has 2 aromatic carbocycles. The van der Waals surface area contributed by atoms with Gasteiger partial charge in [0.25, 0.3) is 0 Å². The Bertz CT molecular complexity index is 878. The number of hydrogen-bond acceptors (Lipinski definition) is 5. The molecule has 0 bridgehead atoms. The maximum absolute atomic E-state index is 12.9. The number of aliphatic hydroxyl groups excluding tert-OH is 1. The van der Waals surface area contributed by atoms with Gasteiger partial charge >= 0.3 is 0 Å². The molecule has 126 valence electrons. The molecule has 3 atom stereocenters. The van der Waals surface area contributed by atoms with Crippen molar-refractivity contribution in [3.8, 4) is 11.5 Å². The van der Waals surface area contributed by atoms with E-state index in [-0.39, 0.29) is 30.1 Å². The maximum atomic E-state index is 12.9. The zero-order chi connectivity index (χ0) is 16.9. The van der Waals surface area contributed by atoms with E-state index in [0.717, 1.165) is 5.56 Å². The van der Waals surface area contributed by atoms with Crippen LogP contribution in [-0.4, -0.2) is 32.2 Å². The molecule has 0 spiro atoms. The molecule has 4 rings (SSSR count). The molecule has 1 fully saturated rings. The zero-order valence-electron chi connectivity index (χ0n) is 12.6. The molecule has 0 aromatic heterocycles. The first kappa shape index (κ1) is 15.7. The largest absolute Gasteiger partial charge is 0.454 e. The molecule has 0 radical (unpaired) electrons. The molecule has 1 aliphatic carbocycles. The third kappa shape index (κ3) is 2.46. The van der Waals surface area contributed by atoms with Crippen LogP contribution in [0, 0.1) is 5.92 Å². The number of benzene rings is 2. The second-order valence-electron chi connectivity index (χ2n) is 5.95. The molecule has 0 unspecified atom stereocenters. The highest BCUT2D eigenvalue weighted by Gasteiger charge is 2.58. The summed E-state index contributed by atoms with van der Waals surface area (Å²) >= 11 is 5.83. The van der Waals surface area contributed by atoms with Crippen LogP contribution in [0.1, 0.15) is 11.5 Å². The lowest BCUT2D eigenvalue weighted by Crippen LogP contribution is -2.11. The van der Waals surface area contributed by atoms with Crippen LogP contribution < -0.4 is 9.47 Å². The van der Waals surface area contributed by atoms with Crippen molar-refractivity contribution in [2.24, 2.45) is 5.92 Å². The van der Waals surface area contributed by atoms with Gasteiger partial charge in [-0.2, -0.15) is 0 Å². The summed E-state index contributed by atoms with van der Waals surface area (Å²) in [5, 5.41) is 9.45. The van der Waals surface area contributed by atoms with Gasteiger partial charge in [-0.15, -0.1) is 0 Å². The van der Waals surface area contributed by atoms with Gasteiger partial charge in [0.05, 0.1) is 10.1 Å². The van der Waals surface area contributed by atoms with Crippen LogP contribution in [0.3, 0.4) is 0 Å². The Morgan fingerprint density at radius 1 is 1.08 bits per heavy atom. The van der Waals surface area contributed by atoms with Crippen molar-refractivity contribution >= 4 is 21.4 Å². The van der Waals surface area contributed by atoms with E-state index in [1.807, 2.05) is 6.07 Å². The summed E-state index contributed by atoms with van der Waals surface area (Å²) in [6.07, 6.45) is 0. The zero-order valence-corrected chi connectivity index (χ0v) is 14.1. The topological polar surface area (TPSA) is 72.8 Å². The fraction of sp³-hybridized carbons (Fsp3) is 0.294. The van der Waals surface area contributed by atoms with Gasteiger partial charge in [-0.1, -0.05) is 17.7 Å². The lowest BCUT2D eigenvalue weighted by Gasteiger charge is -2.05. The van der Waals surface area contributed by atoms with Crippen LogP contribution in [0.2, 0.25) is 5.02 Å². The lowest BCUT2D eigenvalue weighted by molar-refractivity contribution is 0.174. The number of rotatable bonds is 4. The first-order chi connectivity index (χ1) is 11.5. The smallest absolute Gasteiger partial charge is 0.231 e. The lowest BCUT2D eigenvalue weighted by atomic mass is 10.1. The fourth-order valence-corrected chi connectivity index (χ4v) is 5.65. The average Bonchev–Trinajstić information content (AvgIpc) is 3.15.